The molecular weight excluding hydrogens is 332 g/mol. The summed E-state index contributed by atoms with van der Waals surface area (Å²) in [7, 11) is 3.35. The van der Waals surface area contributed by atoms with Crippen LogP contribution in [0.3, 0.4) is 0 Å². The lowest BCUT2D eigenvalue weighted by Crippen LogP contribution is -2.32. The van der Waals surface area contributed by atoms with E-state index in [-0.39, 0.29) is 17.6 Å². The van der Waals surface area contributed by atoms with Crippen LogP contribution < -0.4 is 15.0 Å². The van der Waals surface area contributed by atoms with Gasteiger partial charge in [0.25, 0.3) is 5.56 Å². The van der Waals surface area contributed by atoms with Crippen LogP contribution >= 0.6 is 0 Å². The summed E-state index contributed by atoms with van der Waals surface area (Å²) in [4.78, 5) is 26.2. The van der Waals surface area contributed by atoms with Crippen LogP contribution in [0.1, 0.15) is 17.7 Å². The minimum Gasteiger partial charge on any atom is -0.497 e. The number of hydrogen-bond donors (Lipinski definition) is 0. The largest absolute Gasteiger partial charge is 0.497 e. The van der Waals surface area contributed by atoms with Gasteiger partial charge in [-0.25, -0.2) is 0 Å². The number of pyridine rings is 1. The Balaban J connectivity index is 1.57. The second kappa shape index (κ2) is 7.64. The predicted octanol–water partition coefficient (Wildman–Crippen LogP) is 1.92. The molecule has 1 saturated heterocycles. The van der Waals surface area contributed by atoms with E-state index in [1.54, 1.807) is 18.7 Å². The minimum atomic E-state index is -0.0922. The highest BCUT2D eigenvalue weighted by Crippen LogP contribution is 2.19. The van der Waals surface area contributed by atoms with Gasteiger partial charge >= 0.3 is 0 Å². The Morgan fingerprint density at radius 1 is 1.19 bits per heavy atom. The monoisotopic (exact) mass is 356 g/mol. The molecule has 26 heavy (non-hydrogen) atoms. The first-order valence-corrected chi connectivity index (χ1v) is 8.71. The molecule has 1 aromatic carbocycles. The molecule has 1 fully saturated rings. The second-order valence-electron chi connectivity index (χ2n) is 6.62. The number of rotatable bonds is 5. The van der Waals surface area contributed by atoms with E-state index in [1.807, 2.05) is 42.2 Å². The van der Waals surface area contributed by atoms with E-state index in [9.17, 15) is 9.59 Å². The molecule has 0 aliphatic carbocycles. The SMILES string of the molecule is COc1ccc(CC(=O)N2CCC(Oc3cc(C)n(C)c(=O)c3)C2)cc1. The van der Waals surface area contributed by atoms with Crippen LogP contribution in [0.15, 0.2) is 41.2 Å². The number of carbonyl (C=O) groups is 1. The van der Waals surface area contributed by atoms with Crippen LogP contribution in [-0.4, -0.2) is 41.7 Å². The Morgan fingerprint density at radius 2 is 1.92 bits per heavy atom. The molecule has 1 atom stereocenters. The van der Waals surface area contributed by atoms with Gasteiger partial charge in [-0.15, -0.1) is 0 Å². The molecule has 2 aromatic rings. The number of methoxy groups -OCH3 is 1. The molecule has 138 valence electrons. The lowest BCUT2D eigenvalue weighted by molar-refractivity contribution is -0.129. The second-order valence-corrected chi connectivity index (χ2v) is 6.62. The van der Waals surface area contributed by atoms with Gasteiger partial charge < -0.3 is 18.9 Å². The number of aryl methyl sites for hydroxylation is 1. The van der Waals surface area contributed by atoms with E-state index >= 15 is 0 Å². The van der Waals surface area contributed by atoms with Crippen molar-refractivity contribution in [3.63, 3.8) is 0 Å². The molecule has 1 unspecified atom stereocenters. The molecule has 6 heteroatoms. The van der Waals surface area contributed by atoms with Gasteiger partial charge in [0.1, 0.15) is 17.6 Å². The highest BCUT2D eigenvalue weighted by atomic mass is 16.5. The van der Waals surface area contributed by atoms with Crippen LogP contribution in [0, 0.1) is 6.92 Å². The molecule has 1 aliphatic rings. The average Bonchev–Trinajstić information content (AvgIpc) is 3.09. The van der Waals surface area contributed by atoms with Crippen molar-refractivity contribution in [2.75, 3.05) is 20.2 Å². The topological polar surface area (TPSA) is 60.8 Å². The molecule has 0 spiro atoms. The lowest BCUT2D eigenvalue weighted by Gasteiger charge is -2.18. The first-order valence-electron chi connectivity index (χ1n) is 8.71. The van der Waals surface area contributed by atoms with E-state index < -0.39 is 0 Å². The Hall–Kier alpha value is -2.76. The summed E-state index contributed by atoms with van der Waals surface area (Å²) in [5, 5.41) is 0. The predicted molar refractivity (Wildman–Crippen MR) is 98.7 cm³/mol. The van der Waals surface area contributed by atoms with Gasteiger partial charge in [-0.1, -0.05) is 12.1 Å². The molecule has 0 radical (unpaired) electrons. The molecular formula is C20H24N2O4. The van der Waals surface area contributed by atoms with Crippen molar-refractivity contribution in [2.45, 2.75) is 25.9 Å². The molecule has 0 N–H and O–H groups in total. The van der Waals surface area contributed by atoms with Crippen LogP contribution in [-0.2, 0) is 18.3 Å². The molecule has 0 bridgehead atoms. The molecule has 2 heterocycles. The molecule has 3 rings (SSSR count). The number of hydrogen-bond acceptors (Lipinski definition) is 4. The third kappa shape index (κ3) is 4.07. The van der Waals surface area contributed by atoms with E-state index in [2.05, 4.69) is 0 Å². The van der Waals surface area contributed by atoms with Crippen molar-refractivity contribution in [3.05, 3.63) is 58.0 Å². The highest BCUT2D eigenvalue weighted by Gasteiger charge is 2.27. The Morgan fingerprint density at radius 3 is 2.58 bits per heavy atom. The maximum Gasteiger partial charge on any atom is 0.254 e. The molecule has 6 nitrogen and oxygen atoms in total. The minimum absolute atomic E-state index is 0.0821. The van der Waals surface area contributed by atoms with Gasteiger partial charge in [-0.05, 0) is 30.7 Å². The summed E-state index contributed by atoms with van der Waals surface area (Å²) in [5.74, 6) is 1.43. The van der Waals surface area contributed by atoms with Gasteiger partial charge in [0.2, 0.25) is 5.91 Å². The van der Waals surface area contributed by atoms with Gasteiger partial charge in [0.05, 0.1) is 20.1 Å². The number of amides is 1. The number of aromatic nitrogens is 1. The zero-order valence-corrected chi connectivity index (χ0v) is 15.4. The van der Waals surface area contributed by atoms with Crippen LogP contribution in [0.2, 0.25) is 0 Å². The summed E-state index contributed by atoms with van der Waals surface area (Å²) in [6.07, 6.45) is 1.05. The zero-order valence-electron chi connectivity index (χ0n) is 15.4. The third-order valence-corrected chi connectivity index (χ3v) is 4.79. The van der Waals surface area contributed by atoms with Crippen LogP contribution in [0.5, 0.6) is 11.5 Å². The van der Waals surface area contributed by atoms with Gasteiger partial charge in [0, 0.05) is 31.8 Å². The Bertz CT molecular complexity index is 842. The van der Waals surface area contributed by atoms with Crippen LogP contribution in [0.4, 0.5) is 0 Å². The number of nitrogens with zero attached hydrogens (tertiary/aromatic N) is 2. The molecule has 0 saturated carbocycles. The van der Waals surface area contributed by atoms with E-state index in [4.69, 9.17) is 9.47 Å². The van der Waals surface area contributed by atoms with E-state index in [0.717, 1.165) is 23.4 Å². The van der Waals surface area contributed by atoms with E-state index in [1.165, 1.54) is 6.07 Å². The van der Waals surface area contributed by atoms with Crippen molar-refractivity contribution >= 4 is 5.91 Å². The number of likely N-dealkylation sites (tertiary alicyclic amines) is 1. The molecule has 1 amide bonds. The summed E-state index contributed by atoms with van der Waals surface area (Å²) < 4.78 is 12.6. The summed E-state index contributed by atoms with van der Waals surface area (Å²) >= 11 is 0. The first-order chi connectivity index (χ1) is 12.5. The van der Waals surface area contributed by atoms with Crippen molar-refractivity contribution in [2.24, 2.45) is 7.05 Å². The fourth-order valence-corrected chi connectivity index (χ4v) is 3.08. The number of benzene rings is 1. The third-order valence-electron chi connectivity index (χ3n) is 4.79. The molecule has 1 aliphatic heterocycles. The average molecular weight is 356 g/mol. The summed E-state index contributed by atoms with van der Waals surface area (Å²) in [6, 6.07) is 10.9. The highest BCUT2D eigenvalue weighted by molar-refractivity contribution is 5.79. The Kier molecular flexibility index (Phi) is 5.30. The Labute approximate surface area is 153 Å². The van der Waals surface area contributed by atoms with E-state index in [0.29, 0.717) is 25.3 Å². The fourth-order valence-electron chi connectivity index (χ4n) is 3.08. The molecule has 1 aromatic heterocycles. The number of ether oxygens (including phenoxy) is 2. The standard InChI is InChI=1S/C20H24N2O4/c1-14-10-18(12-19(23)21(14)2)26-17-8-9-22(13-17)20(24)11-15-4-6-16(25-3)7-5-15/h4-7,10,12,17H,8-9,11,13H2,1-3H3. The van der Waals surface area contributed by atoms with Gasteiger partial charge in [-0.2, -0.15) is 0 Å². The van der Waals surface area contributed by atoms with Crippen molar-refractivity contribution < 1.29 is 14.3 Å². The first kappa shape index (κ1) is 18.0. The summed E-state index contributed by atoms with van der Waals surface area (Å²) in [6.45, 7) is 3.08. The lowest BCUT2D eigenvalue weighted by atomic mass is 10.1. The van der Waals surface area contributed by atoms with Crippen LogP contribution in [0.25, 0.3) is 0 Å². The van der Waals surface area contributed by atoms with Crippen molar-refractivity contribution in [1.82, 2.24) is 9.47 Å². The zero-order chi connectivity index (χ0) is 18.7. The van der Waals surface area contributed by atoms with Crippen molar-refractivity contribution in [1.29, 1.82) is 0 Å². The smallest absolute Gasteiger partial charge is 0.254 e. The normalized spacial score (nSPS) is 16.6. The summed E-state index contributed by atoms with van der Waals surface area (Å²) in [5.41, 5.74) is 1.71. The maximum absolute atomic E-state index is 12.5. The fraction of sp³-hybridized carbons (Fsp3) is 0.400. The van der Waals surface area contributed by atoms with Crippen molar-refractivity contribution in [3.8, 4) is 11.5 Å². The van der Waals surface area contributed by atoms with Gasteiger partial charge in [-0.3, -0.25) is 9.59 Å². The van der Waals surface area contributed by atoms with Gasteiger partial charge in [0.15, 0.2) is 0 Å². The number of carbonyl (C=O) groups excluding carboxylic acids is 1. The quantitative estimate of drug-likeness (QED) is 0.821. The maximum atomic E-state index is 12.5.